The van der Waals surface area contributed by atoms with Gasteiger partial charge in [-0.25, -0.2) is 4.39 Å². The molecule has 0 radical (unpaired) electrons. The second-order valence-corrected chi connectivity index (χ2v) is 6.53. The van der Waals surface area contributed by atoms with Crippen LogP contribution in [0.25, 0.3) is 0 Å². The molecule has 1 rings (SSSR count). The minimum Gasteiger partial charge on any atom is -0.479 e. The van der Waals surface area contributed by atoms with Gasteiger partial charge in [0.1, 0.15) is 11.6 Å². The van der Waals surface area contributed by atoms with E-state index in [9.17, 15) is 9.18 Å². The van der Waals surface area contributed by atoms with E-state index in [0.717, 1.165) is 5.56 Å². The highest BCUT2D eigenvalue weighted by atomic mass is 35.5. The number of ether oxygens (including phenoxy) is 1. The third-order valence-corrected chi connectivity index (χ3v) is 3.73. The molecule has 3 nitrogen and oxygen atoms in total. The van der Waals surface area contributed by atoms with Crippen molar-refractivity contribution in [3.05, 3.63) is 70.2 Å². The number of carbonyl (C=O) groups excluding carboxylic acids is 1. The Bertz CT molecular complexity index is 665. The highest BCUT2D eigenvalue weighted by molar-refractivity contribution is 6.31. The number of hydrogen-bond donors (Lipinski definition) is 1. The Morgan fingerprint density at radius 1 is 1.32 bits per heavy atom. The maximum atomic E-state index is 13.0. The van der Waals surface area contributed by atoms with Crippen molar-refractivity contribution in [1.29, 1.82) is 0 Å². The summed E-state index contributed by atoms with van der Waals surface area (Å²) in [4.78, 5) is 12.5. The first-order valence-electron chi connectivity index (χ1n) is 7.86. The van der Waals surface area contributed by atoms with Crippen LogP contribution < -0.4 is 5.32 Å². The van der Waals surface area contributed by atoms with Gasteiger partial charge >= 0.3 is 0 Å². The van der Waals surface area contributed by atoms with Crippen molar-refractivity contribution in [2.75, 3.05) is 0 Å². The van der Waals surface area contributed by atoms with Gasteiger partial charge in [-0.1, -0.05) is 48.8 Å². The molecule has 2 atom stereocenters. The van der Waals surface area contributed by atoms with Gasteiger partial charge in [-0.15, -0.1) is 0 Å². The average molecular weight is 386 g/mol. The van der Waals surface area contributed by atoms with Gasteiger partial charge in [0, 0.05) is 5.03 Å². The summed E-state index contributed by atoms with van der Waals surface area (Å²) in [6.07, 6.45) is 2.83. The van der Waals surface area contributed by atoms with E-state index in [1.807, 2.05) is 13.8 Å². The number of hydrogen-bond acceptors (Lipinski definition) is 2. The van der Waals surface area contributed by atoms with Crippen LogP contribution in [0.1, 0.15) is 38.8 Å². The van der Waals surface area contributed by atoms with E-state index in [2.05, 4.69) is 11.9 Å². The van der Waals surface area contributed by atoms with Gasteiger partial charge < -0.3 is 10.1 Å². The molecular weight excluding hydrogens is 364 g/mol. The Morgan fingerprint density at radius 2 is 1.92 bits per heavy atom. The molecule has 0 bridgehead atoms. The fraction of sp³-hybridized carbons (Fsp3) is 0.316. The molecule has 136 valence electrons. The second-order valence-electron chi connectivity index (χ2n) is 5.47. The van der Waals surface area contributed by atoms with E-state index in [4.69, 9.17) is 27.9 Å². The molecule has 0 aromatic heterocycles. The van der Waals surface area contributed by atoms with Crippen LogP contribution >= 0.6 is 23.2 Å². The molecule has 2 unspecified atom stereocenters. The minimum absolute atomic E-state index is 0.284. The maximum Gasteiger partial charge on any atom is 0.261 e. The molecule has 25 heavy (non-hydrogen) atoms. The van der Waals surface area contributed by atoms with Crippen LogP contribution in [0.2, 0.25) is 0 Å². The lowest BCUT2D eigenvalue weighted by Crippen LogP contribution is -2.37. The molecule has 0 saturated carbocycles. The normalized spacial score (nSPS) is 14.6. The topological polar surface area (TPSA) is 38.3 Å². The van der Waals surface area contributed by atoms with Gasteiger partial charge in [-0.2, -0.15) is 0 Å². The zero-order chi connectivity index (χ0) is 19.0. The van der Waals surface area contributed by atoms with Gasteiger partial charge in [-0.05, 0) is 50.1 Å². The van der Waals surface area contributed by atoms with Crippen molar-refractivity contribution < 1.29 is 13.9 Å². The fourth-order valence-corrected chi connectivity index (χ4v) is 2.19. The molecule has 0 aliphatic rings. The predicted molar refractivity (Wildman–Crippen MR) is 101 cm³/mol. The van der Waals surface area contributed by atoms with Crippen molar-refractivity contribution in [3.8, 4) is 0 Å². The molecule has 0 heterocycles. The first-order valence-corrected chi connectivity index (χ1v) is 8.61. The van der Waals surface area contributed by atoms with Crippen molar-refractivity contribution in [3.63, 3.8) is 0 Å². The van der Waals surface area contributed by atoms with Crippen LogP contribution in [0.4, 0.5) is 4.39 Å². The predicted octanol–water partition coefficient (Wildman–Crippen LogP) is 5.58. The highest BCUT2D eigenvalue weighted by Crippen LogP contribution is 2.19. The average Bonchev–Trinajstić information content (AvgIpc) is 2.54. The molecule has 1 amide bonds. The lowest BCUT2D eigenvalue weighted by molar-refractivity contribution is -0.131. The maximum absolute atomic E-state index is 13.0. The number of halogens is 3. The van der Waals surface area contributed by atoms with Crippen LogP contribution in [0.3, 0.4) is 0 Å². The summed E-state index contributed by atoms with van der Waals surface area (Å²) in [5.74, 6) is -0.259. The zero-order valence-electron chi connectivity index (χ0n) is 14.5. The monoisotopic (exact) mass is 385 g/mol. The molecule has 0 aliphatic carbocycles. The lowest BCUT2D eigenvalue weighted by Gasteiger charge is -2.21. The Hall–Kier alpha value is -1.78. The van der Waals surface area contributed by atoms with E-state index >= 15 is 0 Å². The highest BCUT2D eigenvalue weighted by Gasteiger charge is 2.21. The van der Waals surface area contributed by atoms with Crippen LogP contribution in [0.5, 0.6) is 0 Å². The molecule has 1 aromatic carbocycles. The summed E-state index contributed by atoms with van der Waals surface area (Å²) >= 11 is 11.7. The summed E-state index contributed by atoms with van der Waals surface area (Å²) in [5.41, 5.74) is 0.798. The van der Waals surface area contributed by atoms with Crippen LogP contribution in [0, 0.1) is 5.82 Å². The van der Waals surface area contributed by atoms with Crippen LogP contribution in [0.15, 0.2) is 58.8 Å². The number of allylic oxidation sites excluding steroid dienone is 4. The number of carbonyl (C=O) groups is 1. The Morgan fingerprint density at radius 3 is 2.40 bits per heavy atom. The molecule has 1 N–H and O–H groups in total. The van der Waals surface area contributed by atoms with Crippen LogP contribution in [-0.2, 0) is 9.53 Å². The first-order chi connectivity index (χ1) is 11.7. The third kappa shape index (κ3) is 7.32. The van der Waals surface area contributed by atoms with E-state index in [1.165, 1.54) is 18.2 Å². The Kier molecular flexibility index (Phi) is 8.73. The van der Waals surface area contributed by atoms with E-state index in [0.29, 0.717) is 22.2 Å². The quantitative estimate of drug-likeness (QED) is 0.468. The third-order valence-electron chi connectivity index (χ3n) is 3.42. The lowest BCUT2D eigenvalue weighted by atomic mass is 10.1. The van der Waals surface area contributed by atoms with E-state index in [-0.39, 0.29) is 17.8 Å². The summed E-state index contributed by atoms with van der Waals surface area (Å²) in [6, 6.07) is 5.69. The molecular formula is C19H22Cl2FNO2. The Labute approximate surface area is 158 Å². The molecule has 0 spiro atoms. The summed E-state index contributed by atoms with van der Waals surface area (Å²) in [7, 11) is 0. The molecule has 0 aliphatic heterocycles. The molecule has 0 saturated heterocycles. The van der Waals surface area contributed by atoms with E-state index < -0.39 is 6.10 Å². The second kappa shape index (κ2) is 10.3. The minimum atomic E-state index is -0.722. The van der Waals surface area contributed by atoms with Gasteiger partial charge in [0.05, 0.1) is 11.1 Å². The molecule has 6 heteroatoms. The number of amides is 1. The van der Waals surface area contributed by atoms with Gasteiger partial charge in [0.2, 0.25) is 0 Å². The van der Waals surface area contributed by atoms with Gasteiger partial charge in [0.15, 0.2) is 6.10 Å². The molecule has 0 fully saturated rings. The van der Waals surface area contributed by atoms with Crippen LogP contribution in [-0.4, -0.2) is 12.0 Å². The summed E-state index contributed by atoms with van der Waals surface area (Å²) in [5, 5.41) is 3.57. The van der Waals surface area contributed by atoms with E-state index in [1.54, 1.807) is 25.1 Å². The van der Waals surface area contributed by atoms with Crippen molar-refractivity contribution in [1.82, 2.24) is 5.32 Å². The number of nitrogens with one attached hydrogen (secondary N) is 1. The molecule has 1 aromatic rings. The number of benzene rings is 1. The summed E-state index contributed by atoms with van der Waals surface area (Å²) in [6.45, 7) is 8.86. The Balaban J connectivity index is 2.80. The van der Waals surface area contributed by atoms with Gasteiger partial charge in [-0.3, -0.25) is 4.79 Å². The summed E-state index contributed by atoms with van der Waals surface area (Å²) < 4.78 is 18.7. The SMILES string of the molecule is C=C(Cl)C=CC(OC(CC)C(=O)NC(C)c1ccc(F)cc1)=C(C)Cl. The van der Waals surface area contributed by atoms with Crippen molar-refractivity contribution in [2.45, 2.75) is 39.3 Å². The smallest absolute Gasteiger partial charge is 0.261 e. The standard InChI is InChI=1S/C19H22Cl2FNO2/c1-5-17(25-18(13(3)21)11-6-12(2)20)19(24)23-14(4)15-7-9-16(22)10-8-15/h6-11,14,17H,2,5H2,1,3-4H3,(H,23,24). The van der Waals surface area contributed by atoms with Gasteiger partial charge in [0.25, 0.3) is 5.91 Å². The van der Waals surface area contributed by atoms with Crippen molar-refractivity contribution in [2.24, 2.45) is 0 Å². The number of rotatable bonds is 8. The fourth-order valence-electron chi connectivity index (χ4n) is 2.02. The first kappa shape index (κ1) is 21.3. The van der Waals surface area contributed by atoms with Crippen molar-refractivity contribution >= 4 is 29.1 Å². The zero-order valence-corrected chi connectivity index (χ0v) is 16.0. The largest absolute Gasteiger partial charge is 0.479 e.